The molecule has 0 bridgehead atoms. The Kier molecular flexibility index (Phi) is 7.13. The van der Waals surface area contributed by atoms with Crippen LogP contribution in [0.5, 0.6) is 0 Å². The van der Waals surface area contributed by atoms with Crippen molar-refractivity contribution in [2.24, 2.45) is 0 Å². The number of fused-ring (bicyclic) bond motifs is 1. The molecule has 0 saturated carbocycles. The molecule has 38 heavy (non-hydrogen) atoms. The number of nitrogens with one attached hydrogen (secondary N) is 2. The highest BCUT2D eigenvalue weighted by molar-refractivity contribution is 6.50. The van der Waals surface area contributed by atoms with Crippen molar-refractivity contribution >= 4 is 40.7 Å². The molecule has 1 amide bonds. The summed E-state index contributed by atoms with van der Waals surface area (Å²) in [4.78, 5) is 26.7. The first-order chi connectivity index (χ1) is 18.5. The van der Waals surface area contributed by atoms with E-state index in [9.17, 15) is 14.7 Å². The highest BCUT2D eigenvalue weighted by Crippen LogP contribution is 2.36. The zero-order chi connectivity index (χ0) is 26.5. The van der Waals surface area contributed by atoms with E-state index < -0.39 is 17.6 Å². The molecule has 5 rings (SSSR count). The number of carboxylic acid groups (broad SMARTS) is 1. The maximum absolute atomic E-state index is 12.8. The maximum atomic E-state index is 12.8. The molecule has 0 aromatic heterocycles. The van der Waals surface area contributed by atoms with Gasteiger partial charge in [0.05, 0.1) is 5.57 Å². The van der Waals surface area contributed by atoms with Gasteiger partial charge in [0.2, 0.25) is 0 Å². The molecule has 1 aliphatic heterocycles. The number of aryl methyl sites for hydroxylation is 1. The van der Waals surface area contributed by atoms with E-state index in [2.05, 4.69) is 52.7 Å². The highest BCUT2D eigenvalue weighted by Gasteiger charge is 2.21. The fourth-order valence-corrected chi connectivity index (χ4v) is 4.68. The Morgan fingerprint density at radius 3 is 2.18 bits per heavy atom. The smallest absolute Gasteiger partial charge is 0.354 e. The summed E-state index contributed by atoms with van der Waals surface area (Å²) < 4.78 is 0. The van der Waals surface area contributed by atoms with Gasteiger partial charge >= 0.3 is 5.97 Å². The van der Waals surface area contributed by atoms with Gasteiger partial charge in [-0.3, -0.25) is 10.2 Å². The SMILES string of the molecule is N=C(C(=O)O)/C(=C/c1ccc(-c2ccc3c(c2)CCCN3c2ccccc2)cc1)C(=O)Nc1ccccc1. The van der Waals surface area contributed by atoms with E-state index >= 15 is 0 Å². The Labute approximate surface area is 221 Å². The normalized spacial score (nSPS) is 12.9. The minimum absolute atomic E-state index is 0.219. The number of anilines is 3. The standard InChI is InChI=1S/C32H27N3O3/c33-30(32(37)38)28(31(36)34-26-9-3-1-4-10-26)20-22-13-15-23(16-14-22)24-17-18-29-25(21-24)8-7-19-35(29)27-11-5-2-6-12-27/h1-6,9-18,20-21,33H,7-8,19H2,(H,34,36)(H,37,38)/b28-20-,33-30?. The highest BCUT2D eigenvalue weighted by atomic mass is 16.4. The maximum Gasteiger partial charge on any atom is 0.354 e. The third-order valence-corrected chi connectivity index (χ3v) is 6.58. The van der Waals surface area contributed by atoms with Gasteiger partial charge in [0, 0.05) is 23.6 Å². The summed E-state index contributed by atoms with van der Waals surface area (Å²) in [5, 5.41) is 20.0. The third kappa shape index (κ3) is 5.39. The van der Waals surface area contributed by atoms with Gasteiger partial charge in [-0.25, -0.2) is 4.79 Å². The van der Waals surface area contributed by atoms with Crippen molar-refractivity contribution in [3.8, 4) is 11.1 Å². The summed E-state index contributed by atoms with van der Waals surface area (Å²) in [6.45, 7) is 0.989. The lowest BCUT2D eigenvalue weighted by Crippen LogP contribution is -2.25. The van der Waals surface area contributed by atoms with E-state index in [1.54, 1.807) is 24.3 Å². The molecule has 3 N–H and O–H groups in total. The van der Waals surface area contributed by atoms with Crippen LogP contribution in [0, 0.1) is 5.41 Å². The summed E-state index contributed by atoms with van der Waals surface area (Å²) >= 11 is 0. The number of amides is 1. The van der Waals surface area contributed by atoms with Crippen LogP contribution < -0.4 is 10.2 Å². The number of rotatable bonds is 7. The van der Waals surface area contributed by atoms with Crippen molar-refractivity contribution in [3.63, 3.8) is 0 Å². The summed E-state index contributed by atoms with van der Waals surface area (Å²) in [7, 11) is 0. The van der Waals surface area contributed by atoms with E-state index in [0.29, 0.717) is 11.3 Å². The molecule has 1 aliphatic rings. The molecule has 0 atom stereocenters. The van der Waals surface area contributed by atoms with Crippen LogP contribution in [0.25, 0.3) is 17.2 Å². The molecule has 6 nitrogen and oxygen atoms in total. The van der Waals surface area contributed by atoms with E-state index in [0.717, 1.165) is 30.5 Å². The minimum atomic E-state index is -1.46. The van der Waals surface area contributed by atoms with Crippen molar-refractivity contribution in [1.82, 2.24) is 0 Å². The van der Waals surface area contributed by atoms with Gasteiger partial charge in [0.1, 0.15) is 0 Å². The monoisotopic (exact) mass is 501 g/mol. The van der Waals surface area contributed by atoms with Crippen LogP contribution in [0.4, 0.5) is 17.1 Å². The molecule has 6 heteroatoms. The number of hydrogen-bond donors (Lipinski definition) is 3. The Morgan fingerprint density at radius 2 is 1.50 bits per heavy atom. The average Bonchev–Trinajstić information content (AvgIpc) is 2.96. The molecule has 0 spiro atoms. The second-order valence-electron chi connectivity index (χ2n) is 9.11. The van der Waals surface area contributed by atoms with Gasteiger partial charge in [-0.15, -0.1) is 0 Å². The lowest BCUT2D eigenvalue weighted by molar-refractivity contribution is -0.129. The number of nitrogens with zero attached hydrogens (tertiary/aromatic N) is 1. The van der Waals surface area contributed by atoms with Gasteiger partial charge in [-0.2, -0.15) is 0 Å². The first-order valence-electron chi connectivity index (χ1n) is 12.5. The van der Waals surface area contributed by atoms with Crippen molar-refractivity contribution in [3.05, 3.63) is 120 Å². The molecular weight excluding hydrogens is 474 g/mol. The van der Waals surface area contributed by atoms with Crippen LogP contribution in [-0.2, 0) is 16.0 Å². The van der Waals surface area contributed by atoms with Crippen LogP contribution in [0.15, 0.2) is 109 Å². The Balaban J connectivity index is 1.40. The molecule has 4 aromatic carbocycles. The van der Waals surface area contributed by atoms with Gasteiger partial charge in [-0.1, -0.05) is 66.7 Å². The van der Waals surface area contributed by atoms with E-state index in [4.69, 9.17) is 5.41 Å². The molecule has 4 aromatic rings. The van der Waals surface area contributed by atoms with Crippen LogP contribution >= 0.6 is 0 Å². The Bertz CT molecular complexity index is 1510. The predicted molar refractivity (Wildman–Crippen MR) is 152 cm³/mol. The van der Waals surface area contributed by atoms with Gasteiger partial charge in [-0.05, 0) is 77.6 Å². The summed E-state index contributed by atoms with van der Waals surface area (Å²) in [6, 6.07) is 33.2. The second kappa shape index (κ2) is 11.0. The van der Waals surface area contributed by atoms with Crippen LogP contribution in [-0.4, -0.2) is 29.2 Å². The lowest BCUT2D eigenvalue weighted by Gasteiger charge is -2.31. The summed E-state index contributed by atoms with van der Waals surface area (Å²) in [5.74, 6) is -2.11. The van der Waals surface area contributed by atoms with Crippen molar-refractivity contribution < 1.29 is 14.7 Å². The fraction of sp³-hybridized carbons (Fsp3) is 0.0938. The quantitative estimate of drug-likeness (QED) is 0.197. The van der Waals surface area contributed by atoms with Crippen molar-refractivity contribution in [1.29, 1.82) is 5.41 Å². The first-order valence-corrected chi connectivity index (χ1v) is 12.5. The number of carbonyl (C=O) groups excluding carboxylic acids is 1. The van der Waals surface area contributed by atoms with Crippen molar-refractivity contribution in [2.75, 3.05) is 16.8 Å². The molecule has 188 valence electrons. The largest absolute Gasteiger partial charge is 0.477 e. The van der Waals surface area contributed by atoms with Crippen molar-refractivity contribution in [2.45, 2.75) is 12.8 Å². The van der Waals surface area contributed by atoms with Crippen LogP contribution in [0.3, 0.4) is 0 Å². The second-order valence-corrected chi connectivity index (χ2v) is 9.11. The lowest BCUT2D eigenvalue weighted by atomic mass is 9.95. The zero-order valence-electron chi connectivity index (χ0n) is 20.7. The molecule has 0 aliphatic carbocycles. The number of para-hydroxylation sites is 2. The number of carbonyl (C=O) groups is 2. The molecular formula is C32H27N3O3. The number of carboxylic acids is 1. The Hall–Kier alpha value is -4.97. The molecule has 0 fully saturated rings. The van der Waals surface area contributed by atoms with Crippen LogP contribution in [0.2, 0.25) is 0 Å². The van der Waals surface area contributed by atoms with Gasteiger partial charge in [0.25, 0.3) is 5.91 Å². The Morgan fingerprint density at radius 1 is 0.842 bits per heavy atom. The van der Waals surface area contributed by atoms with E-state index in [-0.39, 0.29) is 5.57 Å². The van der Waals surface area contributed by atoms with Gasteiger partial charge < -0.3 is 15.3 Å². The molecule has 0 radical (unpaired) electrons. The third-order valence-electron chi connectivity index (χ3n) is 6.58. The van der Waals surface area contributed by atoms with E-state index in [1.165, 1.54) is 23.0 Å². The fourth-order valence-electron chi connectivity index (χ4n) is 4.68. The topological polar surface area (TPSA) is 93.5 Å². The molecule has 0 unspecified atom stereocenters. The first kappa shape index (κ1) is 24.7. The van der Waals surface area contributed by atoms with Gasteiger partial charge in [0.15, 0.2) is 5.71 Å². The van der Waals surface area contributed by atoms with E-state index in [1.807, 2.05) is 36.4 Å². The molecule has 0 saturated heterocycles. The molecule has 1 heterocycles. The summed E-state index contributed by atoms with van der Waals surface area (Å²) in [5.41, 5.74) is 6.00. The number of aliphatic carboxylic acids is 1. The average molecular weight is 502 g/mol. The number of hydrogen-bond acceptors (Lipinski definition) is 4. The minimum Gasteiger partial charge on any atom is -0.477 e. The number of benzene rings is 4. The predicted octanol–water partition coefficient (Wildman–Crippen LogP) is 6.56. The van der Waals surface area contributed by atoms with Crippen LogP contribution in [0.1, 0.15) is 17.5 Å². The summed E-state index contributed by atoms with van der Waals surface area (Å²) in [6.07, 6.45) is 3.53. The zero-order valence-corrected chi connectivity index (χ0v) is 20.7.